The highest BCUT2D eigenvalue weighted by Crippen LogP contribution is 2.26. The topological polar surface area (TPSA) is 62.1 Å². The second kappa shape index (κ2) is 4.43. The molecule has 2 atom stereocenters. The zero-order valence-corrected chi connectivity index (χ0v) is 8.67. The highest BCUT2D eigenvalue weighted by Gasteiger charge is 2.30. The molecule has 0 aliphatic carbocycles. The Bertz CT molecular complexity index is 251. The van der Waals surface area contributed by atoms with E-state index in [0.717, 1.165) is 13.0 Å². The summed E-state index contributed by atoms with van der Waals surface area (Å²) in [4.78, 5) is 11.3. The molecule has 1 N–H and O–H groups in total. The summed E-state index contributed by atoms with van der Waals surface area (Å²) in [5.74, 6) is -0.762. The Balaban J connectivity index is 2.33. The first-order chi connectivity index (χ1) is 6.57. The van der Waals surface area contributed by atoms with E-state index >= 15 is 0 Å². The molecule has 1 rings (SSSR count). The van der Waals surface area contributed by atoms with Gasteiger partial charge < -0.3 is 10.1 Å². The van der Waals surface area contributed by atoms with E-state index in [1.807, 2.05) is 6.07 Å². The van der Waals surface area contributed by atoms with E-state index in [1.54, 1.807) is 6.92 Å². The van der Waals surface area contributed by atoms with Gasteiger partial charge in [-0.15, -0.1) is 0 Å². The quantitative estimate of drug-likeness (QED) is 0.722. The van der Waals surface area contributed by atoms with Crippen molar-refractivity contribution in [1.29, 1.82) is 5.26 Å². The van der Waals surface area contributed by atoms with Crippen LogP contribution in [0.25, 0.3) is 0 Å². The normalized spacial score (nSPS) is 28.1. The van der Waals surface area contributed by atoms with Gasteiger partial charge in [0.15, 0.2) is 0 Å². The highest BCUT2D eigenvalue weighted by molar-refractivity contribution is 5.80. The third-order valence-corrected chi connectivity index (χ3v) is 2.58. The molecule has 14 heavy (non-hydrogen) atoms. The summed E-state index contributed by atoms with van der Waals surface area (Å²) < 4.78 is 5.26. The first-order valence-electron chi connectivity index (χ1n) is 4.82. The minimum atomic E-state index is -0.569. The summed E-state index contributed by atoms with van der Waals surface area (Å²) in [6, 6.07) is 1.91. The van der Waals surface area contributed by atoms with Crippen molar-refractivity contribution < 1.29 is 9.53 Å². The Morgan fingerprint density at radius 2 is 2.50 bits per heavy atom. The number of hydrogen-bond donors (Lipinski definition) is 1. The number of nitriles is 1. The molecule has 1 aliphatic rings. The fourth-order valence-electron chi connectivity index (χ4n) is 1.36. The molecule has 0 aromatic rings. The van der Waals surface area contributed by atoms with Gasteiger partial charge in [-0.05, 0) is 13.3 Å². The number of carbonyl (C=O) groups is 1. The van der Waals surface area contributed by atoms with Crippen LogP contribution >= 0.6 is 0 Å². The molecule has 2 unspecified atom stereocenters. The third kappa shape index (κ3) is 2.71. The van der Waals surface area contributed by atoms with E-state index in [1.165, 1.54) is 0 Å². The standard InChI is InChI=1S/C10H16N2O2/c1-8(5-11)9(13)12-6-10(2)3-4-14-7-10/h8H,3-4,6-7H2,1-2H3,(H,12,13). The molecule has 78 valence electrons. The second-order valence-electron chi connectivity index (χ2n) is 4.18. The summed E-state index contributed by atoms with van der Waals surface area (Å²) >= 11 is 0. The van der Waals surface area contributed by atoms with Gasteiger partial charge in [-0.1, -0.05) is 6.92 Å². The lowest BCUT2D eigenvalue weighted by Gasteiger charge is -2.22. The van der Waals surface area contributed by atoms with E-state index in [2.05, 4.69) is 12.2 Å². The van der Waals surface area contributed by atoms with Gasteiger partial charge in [0.2, 0.25) is 5.91 Å². The van der Waals surface area contributed by atoms with Crippen LogP contribution in [-0.2, 0) is 9.53 Å². The summed E-state index contributed by atoms with van der Waals surface area (Å²) in [5, 5.41) is 11.3. The fraction of sp³-hybridized carbons (Fsp3) is 0.800. The van der Waals surface area contributed by atoms with Crippen LogP contribution in [-0.4, -0.2) is 25.7 Å². The lowest BCUT2D eigenvalue weighted by atomic mass is 9.90. The maximum absolute atomic E-state index is 11.3. The van der Waals surface area contributed by atoms with Crippen LogP contribution in [0.4, 0.5) is 0 Å². The number of nitrogens with zero attached hydrogens (tertiary/aromatic N) is 1. The van der Waals surface area contributed by atoms with Crippen LogP contribution in [0.1, 0.15) is 20.3 Å². The van der Waals surface area contributed by atoms with Crippen molar-refractivity contribution in [1.82, 2.24) is 5.32 Å². The van der Waals surface area contributed by atoms with E-state index < -0.39 is 5.92 Å². The first-order valence-corrected chi connectivity index (χ1v) is 4.82. The van der Waals surface area contributed by atoms with Crippen LogP contribution in [0.15, 0.2) is 0 Å². The van der Waals surface area contributed by atoms with Gasteiger partial charge in [-0.3, -0.25) is 4.79 Å². The predicted octanol–water partition coefficient (Wildman–Crippen LogP) is 0.689. The first kappa shape index (κ1) is 11.0. The average molecular weight is 196 g/mol. The molecular formula is C10H16N2O2. The van der Waals surface area contributed by atoms with Crippen LogP contribution in [0.3, 0.4) is 0 Å². The molecule has 0 aromatic heterocycles. The molecule has 4 heteroatoms. The van der Waals surface area contributed by atoms with E-state index in [-0.39, 0.29) is 11.3 Å². The van der Waals surface area contributed by atoms with Gasteiger partial charge in [0, 0.05) is 18.6 Å². The number of carbonyl (C=O) groups excluding carboxylic acids is 1. The van der Waals surface area contributed by atoms with Crippen LogP contribution in [0.2, 0.25) is 0 Å². The van der Waals surface area contributed by atoms with Crippen molar-refractivity contribution in [3.05, 3.63) is 0 Å². The predicted molar refractivity (Wildman–Crippen MR) is 51.3 cm³/mol. The largest absolute Gasteiger partial charge is 0.381 e. The number of amides is 1. The van der Waals surface area contributed by atoms with Crippen LogP contribution < -0.4 is 5.32 Å². The Hall–Kier alpha value is -1.08. The summed E-state index contributed by atoms with van der Waals surface area (Å²) in [6.07, 6.45) is 0.966. The molecule has 4 nitrogen and oxygen atoms in total. The van der Waals surface area contributed by atoms with Gasteiger partial charge in [0.25, 0.3) is 0 Å². The molecule has 1 aliphatic heterocycles. The van der Waals surface area contributed by atoms with Gasteiger partial charge in [-0.2, -0.15) is 5.26 Å². The van der Waals surface area contributed by atoms with Gasteiger partial charge >= 0.3 is 0 Å². The van der Waals surface area contributed by atoms with Crippen LogP contribution in [0.5, 0.6) is 0 Å². The monoisotopic (exact) mass is 196 g/mol. The smallest absolute Gasteiger partial charge is 0.237 e. The lowest BCUT2D eigenvalue weighted by molar-refractivity contribution is -0.123. The summed E-state index contributed by atoms with van der Waals surface area (Å²) in [6.45, 7) is 5.73. The Morgan fingerprint density at radius 3 is 3.00 bits per heavy atom. The molecule has 0 bridgehead atoms. The molecule has 0 saturated carbocycles. The molecule has 0 aromatic carbocycles. The Labute approximate surface area is 84.2 Å². The molecular weight excluding hydrogens is 180 g/mol. The van der Waals surface area contributed by atoms with Crippen molar-refractivity contribution in [3.63, 3.8) is 0 Å². The van der Waals surface area contributed by atoms with E-state index in [9.17, 15) is 4.79 Å². The molecule has 1 heterocycles. The second-order valence-corrected chi connectivity index (χ2v) is 4.18. The summed E-state index contributed by atoms with van der Waals surface area (Å²) in [5.41, 5.74) is 0.0465. The van der Waals surface area contributed by atoms with Gasteiger partial charge in [0.1, 0.15) is 5.92 Å². The van der Waals surface area contributed by atoms with Gasteiger partial charge in [0.05, 0.1) is 12.7 Å². The molecule has 0 spiro atoms. The highest BCUT2D eigenvalue weighted by atomic mass is 16.5. The maximum Gasteiger partial charge on any atom is 0.237 e. The van der Waals surface area contributed by atoms with Crippen molar-refractivity contribution in [2.24, 2.45) is 11.3 Å². The van der Waals surface area contributed by atoms with Crippen molar-refractivity contribution in [2.45, 2.75) is 20.3 Å². The SMILES string of the molecule is CC(C#N)C(=O)NCC1(C)CCOC1. The average Bonchev–Trinajstić information content (AvgIpc) is 2.61. The summed E-state index contributed by atoms with van der Waals surface area (Å²) in [7, 11) is 0. The lowest BCUT2D eigenvalue weighted by Crippen LogP contribution is -2.38. The minimum Gasteiger partial charge on any atom is -0.381 e. The molecule has 1 amide bonds. The van der Waals surface area contributed by atoms with Crippen molar-refractivity contribution in [2.75, 3.05) is 19.8 Å². The van der Waals surface area contributed by atoms with Crippen molar-refractivity contribution in [3.8, 4) is 6.07 Å². The number of nitrogens with one attached hydrogen (secondary N) is 1. The van der Waals surface area contributed by atoms with Gasteiger partial charge in [-0.25, -0.2) is 0 Å². The van der Waals surface area contributed by atoms with E-state index in [4.69, 9.17) is 10.00 Å². The maximum atomic E-state index is 11.3. The number of ether oxygens (including phenoxy) is 1. The Morgan fingerprint density at radius 1 is 1.79 bits per heavy atom. The Kier molecular flexibility index (Phi) is 3.48. The molecule has 0 radical (unpaired) electrons. The zero-order chi connectivity index (χ0) is 10.6. The van der Waals surface area contributed by atoms with Crippen molar-refractivity contribution >= 4 is 5.91 Å². The zero-order valence-electron chi connectivity index (χ0n) is 8.67. The molecule has 1 fully saturated rings. The number of hydrogen-bond acceptors (Lipinski definition) is 3. The number of rotatable bonds is 3. The fourth-order valence-corrected chi connectivity index (χ4v) is 1.36. The van der Waals surface area contributed by atoms with Crippen LogP contribution in [0, 0.1) is 22.7 Å². The minimum absolute atomic E-state index is 0.0465. The molecule has 1 saturated heterocycles. The van der Waals surface area contributed by atoms with E-state index in [0.29, 0.717) is 13.2 Å². The third-order valence-electron chi connectivity index (χ3n) is 2.58.